The number of hydrogen-bond donors (Lipinski definition) is 1. The van der Waals surface area contributed by atoms with Crippen LogP contribution in [-0.2, 0) is 25.3 Å². The number of benzene rings is 1. The summed E-state index contributed by atoms with van der Waals surface area (Å²) in [6.45, 7) is 2.11. The predicted octanol–water partition coefficient (Wildman–Crippen LogP) is 2.05. The van der Waals surface area contributed by atoms with Crippen LogP contribution in [0.4, 0.5) is 5.82 Å². The van der Waals surface area contributed by atoms with E-state index in [1.165, 1.54) is 6.07 Å². The smallest absolute Gasteiger partial charge is 0.340 e. The highest BCUT2D eigenvalue weighted by Gasteiger charge is 2.37. The van der Waals surface area contributed by atoms with E-state index in [0.717, 1.165) is 19.3 Å². The quantitative estimate of drug-likeness (QED) is 0.611. The van der Waals surface area contributed by atoms with E-state index >= 15 is 0 Å². The summed E-state index contributed by atoms with van der Waals surface area (Å²) in [5.74, 6) is -1.54. The van der Waals surface area contributed by atoms with Crippen molar-refractivity contribution in [2.24, 2.45) is 5.92 Å². The Bertz CT molecular complexity index is 1210. The molecule has 4 rings (SSSR count). The van der Waals surface area contributed by atoms with E-state index in [-0.39, 0.29) is 36.1 Å². The van der Waals surface area contributed by atoms with Gasteiger partial charge in [-0.05, 0) is 37.8 Å². The van der Waals surface area contributed by atoms with Crippen molar-refractivity contribution in [1.29, 1.82) is 5.26 Å². The molecule has 0 unspecified atom stereocenters. The van der Waals surface area contributed by atoms with Crippen LogP contribution in [0.2, 0.25) is 0 Å². The van der Waals surface area contributed by atoms with Gasteiger partial charge in [0.2, 0.25) is 15.9 Å². The lowest BCUT2D eigenvalue weighted by molar-refractivity contribution is -0.123. The van der Waals surface area contributed by atoms with Crippen LogP contribution in [-0.4, -0.2) is 44.5 Å². The maximum Gasteiger partial charge on any atom is 0.340 e. The van der Waals surface area contributed by atoms with Crippen molar-refractivity contribution < 1.29 is 22.7 Å². The van der Waals surface area contributed by atoms with E-state index in [9.17, 15) is 23.3 Å². The number of nitriles is 1. The molecule has 33 heavy (non-hydrogen) atoms. The number of carbonyl (C=O) groups excluding carboxylic acids is 2. The Morgan fingerprint density at radius 2 is 1.94 bits per heavy atom. The second-order valence-electron chi connectivity index (χ2n) is 8.38. The molecule has 1 saturated heterocycles. The zero-order chi connectivity index (χ0) is 23.6. The third-order valence-corrected chi connectivity index (χ3v) is 7.09. The number of aromatic nitrogens is 1. The zero-order valence-corrected chi connectivity index (χ0v) is 19.0. The summed E-state index contributed by atoms with van der Waals surface area (Å²) >= 11 is 0. The van der Waals surface area contributed by atoms with Crippen LogP contribution < -0.4 is 9.62 Å². The third-order valence-electron chi connectivity index (χ3n) is 5.87. The van der Waals surface area contributed by atoms with E-state index in [2.05, 4.69) is 9.71 Å². The summed E-state index contributed by atoms with van der Waals surface area (Å²) in [7, 11) is -3.82. The lowest BCUT2D eigenvalue weighted by Crippen LogP contribution is -2.55. The minimum absolute atomic E-state index is 0.0741. The van der Waals surface area contributed by atoms with Crippen LogP contribution in [0.25, 0.3) is 0 Å². The van der Waals surface area contributed by atoms with Crippen molar-refractivity contribution in [2.75, 3.05) is 18.0 Å². The molecule has 2 fully saturated rings. The first-order valence-electron chi connectivity index (χ1n) is 10.7. The Hall–Kier alpha value is -3.45. The lowest BCUT2D eigenvalue weighted by atomic mass is 9.96. The minimum Gasteiger partial charge on any atom is -0.459 e. The van der Waals surface area contributed by atoms with Crippen molar-refractivity contribution in [3.05, 3.63) is 58.8 Å². The fraction of sp³-hybridized carbons (Fsp3) is 0.391. The number of anilines is 1. The highest BCUT2D eigenvalue weighted by Crippen LogP contribution is 2.29. The van der Waals surface area contributed by atoms with Crippen molar-refractivity contribution in [2.45, 2.75) is 38.0 Å². The van der Waals surface area contributed by atoms with Crippen molar-refractivity contribution in [3.8, 4) is 6.07 Å². The van der Waals surface area contributed by atoms with Gasteiger partial charge in [-0.25, -0.2) is 18.2 Å². The molecule has 1 aliphatic heterocycles. The highest BCUT2D eigenvalue weighted by molar-refractivity contribution is 7.89. The molecule has 9 nitrogen and oxygen atoms in total. The molecule has 2 aromatic rings. The topological polar surface area (TPSA) is 129 Å². The largest absolute Gasteiger partial charge is 0.459 e. The van der Waals surface area contributed by atoms with Gasteiger partial charge in [-0.3, -0.25) is 9.52 Å². The average Bonchev–Trinajstić information content (AvgIpc) is 2.69. The maximum atomic E-state index is 12.4. The second kappa shape index (κ2) is 9.19. The van der Waals surface area contributed by atoms with Crippen LogP contribution in [0.5, 0.6) is 0 Å². The maximum absolute atomic E-state index is 12.4. The number of nitrogens with zero attached hydrogens (tertiary/aromatic N) is 3. The average molecular weight is 469 g/mol. The number of sulfonamides is 1. The molecule has 0 radical (unpaired) electrons. The van der Waals surface area contributed by atoms with Gasteiger partial charge in [0.15, 0.2) is 0 Å². The number of ether oxygens (including phenoxy) is 1. The second-order valence-corrected chi connectivity index (χ2v) is 10.1. The monoisotopic (exact) mass is 468 g/mol. The molecule has 172 valence electrons. The lowest BCUT2D eigenvalue weighted by Gasteiger charge is -2.39. The molecule has 1 N–H and O–H groups in total. The molecule has 1 aromatic carbocycles. The van der Waals surface area contributed by atoms with Crippen LogP contribution in [0.15, 0.2) is 36.4 Å². The van der Waals surface area contributed by atoms with Crippen molar-refractivity contribution in [3.63, 3.8) is 0 Å². The summed E-state index contributed by atoms with van der Waals surface area (Å²) in [4.78, 5) is 31.0. The van der Waals surface area contributed by atoms with Crippen LogP contribution in [0.1, 0.15) is 46.4 Å². The number of amides is 1. The van der Waals surface area contributed by atoms with Crippen LogP contribution in [0.3, 0.4) is 0 Å². The summed E-state index contributed by atoms with van der Waals surface area (Å²) in [5.41, 5.74) is 1.48. The SMILES string of the molecule is Cc1nc(N2CC(C(=O)NS(=O)(=O)Cc3ccccc3)C2)c(C#N)cc1C(=O)OC1CCC1. The van der Waals surface area contributed by atoms with E-state index in [0.29, 0.717) is 17.1 Å². The molecule has 1 aromatic heterocycles. The number of rotatable bonds is 7. The summed E-state index contributed by atoms with van der Waals surface area (Å²) in [6.07, 6.45) is 2.66. The number of esters is 1. The first-order valence-corrected chi connectivity index (χ1v) is 12.4. The molecule has 1 aliphatic carbocycles. The molecule has 1 saturated carbocycles. The predicted molar refractivity (Wildman–Crippen MR) is 120 cm³/mol. The molecule has 2 aliphatic rings. The number of aryl methyl sites for hydroxylation is 1. The minimum atomic E-state index is -3.82. The Balaban J connectivity index is 1.38. The van der Waals surface area contributed by atoms with Gasteiger partial charge in [-0.15, -0.1) is 0 Å². The molecule has 10 heteroatoms. The number of pyridine rings is 1. The van der Waals surface area contributed by atoms with Crippen LogP contribution in [0, 0.1) is 24.2 Å². The van der Waals surface area contributed by atoms with E-state index in [4.69, 9.17) is 4.74 Å². The van der Waals surface area contributed by atoms with Gasteiger partial charge in [0, 0.05) is 13.1 Å². The molecule has 0 bridgehead atoms. The number of carbonyl (C=O) groups is 2. The van der Waals surface area contributed by atoms with Gasteiger partial charge < -0.3 is 9.64 Å². The van der Waals surface area contributed by atoms with E-state index in [1.807, 2.05) is 6.07 Å². The van der Waals surface area contributed by atoms with Gasteiger partial charge in [0.1, 0.15) is 18.0 Å². The van der Waals surface area contributed by atoms with Gasteiger partial charge >= 0.3 is 5.97 Å². The molecule has 0 spiro atoms. The first kappa shape index (κ1) is 22.7. The third kappa shape index (κ3) is 5.14. The Kier molecular flexibility index (Phi) is 6.33. The Morgan fingerprint density at radius 3 is 2.55 bits per heavy atom. The van der Waals surface area contributed by atoms with Gasteiger partial charge in [-0.1, -0.05) is 30.3 Å². The summed E-state index contributed by atoms with van der Waals surface area (Å²) < 4.78 is 32.2. The number of nitrogens with one attached hydrogen (secondary N) is 1. The molecule has 1 amide bonds. The summed E-state index contributed by atoms with van der Waals surface area (Å²) in [5, 5.41) is 9.56. The van der Waals surface area contributed by atoms with Gasteiger partial charge in [0.25, 0.3) is 0 Å². The number of hydrogen-bond acceptors (Lipinski definition) is 8. The van der Waals surface area contributed by atoms with Gasteiger partial charge in [-0.2, -0.15) is 5.26 Å². The fourth-order valence-corrected chi connectivity index (χ4v) is 4.89. The highest BCUT2D eigenvalue weighted by atomic mass is 32.2. The fourth-order valence-electron chi connectivity index (χ4n) is 3.71. The molecule has 0 atom stereocenters. The van der Waals surface area contributed by atoms with Crippen LogP contribution >= 0.6 is 0 Å². The molecular formula is C23H24N4O5S. The van der Waals surface area contributed by atoms with Crippen molar-refractivity contribution >= 4 is 27.7 Å². The standard InChI is InChI=1S/C23H24N4O5S/c1-15-20(23(29)32-19-8-5-9-19)10-17(11-24)21(25-15)27-12-18(13-27)22(28)26-33(30,31)14-16-6-3-2-4-7-16/h2-4,6-7,10,18-19H,5,8-9,12-14H2,1H3,(H,26,28). The Morgan fingerprint density at radius 1 is 1.24 bits per heavy atom. The van der Waals surface area contributed by atoms with E-state index < -0.39 is 27.8 Å². The Labute approximate surface area is 192 Å². The van der Waals surface area contributed by atoms with Gasteiger partial charge in [0.05, 0.1) is 28.5 Å². The summed E-state index contributed by atoms with van der Waals surface area (Å²) in [6, 6.07) is 12.1. The van der Waals surface area contributed by atoms with E-state index in [1.54, 1.807) is 42.2 Å². The molecule has 2 heterocycles. The molecular weight excluding hydrogens is 444 g/mol. The first-order chi connectivity index (χ1) is 15.8. The van der Waals surface area contributed by atoms with Crippen molar-refractivity contribution in [1.82, 2.24) is 9.71 Å². The normalized spacial score (nSPS) is 16.3. The zero-order valence-electron chi connectivity index (χ0n) is 18.2.